The lowest BCUT2D eigenvalue weighted by Gasteiger charge is -2.13. The van der Waals surface area contributed by atoms with Gasteiger partial charge in [0.2, 0.25) is 12.2 Å². The minimum atomic E-state index is -4.67. The molecule has 0 unspecified atom stereocenters. The third-order valence-electron chi connectivity index (χ3n) is 5.89. The largest absolute Gasteiger partial charge is 0.454 e. The Labute approximate surface area is 218 Å². The summed E-state index contributed by atoms with van der Waals surface area (Å²) in [7, 11) is -4.41. The molecule has 1 aliphatic heterocycles. The molecule has 202 valence electrons. The van der Waals surface area contributed by atoms with Gasteiger partial charge in [-0.1, -0.05) is 12.1 Å². The maximum atomic E-state index is 13.2. The van der Waals surface area contributed by atoms with Crippen LogP contribution >= 0.6 is 0 Å². The first kappa shape index (κ1) is 25.9. The highest BCUT2D eigenvalue weighted by Gasteiger charge is 2.31. The van der Waals surface area contributed by atoms with Gasteiger partial charge in [-0.2, -0.15) is 13.2 Å². The maximum Gasteiger partial charge on any atom is 0.416 e. The summed E-state index contributed by atoms with van der Waals surface area (Å²) in [6.45, 7) is 0.137. The van der Waals surface area contributed by atoms with Gasteiger partial charge in [0.25, 0.3) is 15.9 Å². The number of hydrogen-bond donors (Lipinski definition) is 3. The fraction of sp³-hybridized carbons (Fsp3) is 0.120. The first-order chi connectivity index (χ1) is 18.4. The summed E-state index contributed by atoms with van der Waals surface area (Å²) >= 11 is 0. The van der Waals surface area contributed by atoms with Crippen molar-refractivity contribution in [3.05, 3.63) is 93.8 Å². The molecule has 1 aromatic heterocycles. The lowest BCUT2D eigenvalue weighted by molar-refractivity contribution is -0.137. The zero-order valence-electron chi connectivity index (χ0n) is 19.8. The van der Waals surface area contributed by atoms with Crippen LogP contribution in [0.3, 0.4) is 0 Å². The zero-order chi connectivity index (χ0) is 27.9. The average Bonchev–Trinajstić information content (AvgIpc) is 3.36. The van der Waals surface area contributed by atoms with Crippen molar-refractivity contribution in [2.75, 3.05) is 17.4 Å². The SMILES string of the molecule is Nn1cc(C(=O)NCc2ccc3c(c2)OCO3)c(=O)c2cc(S(=O)(=O)Nc3cccc(C(F)(F)F)c3)ccc21. The minimum Gasteiger partial charge on any atom is -0.454 e. The standard InChI is InChI=1S/C25H19F3N4O6S/c26-25(27,28)15-2-1-3-16(9-15)31-39(35,36)17-5-6-20-18(10-17)23(33)19(12-32(20)29)24(34)30-11-14-4-7-21-22(8-14)38-13-37-21/h1-10,12,31H,11,13,29H2,(H,30,34). The van der Waals surface area contributed by atoms with Gasteiger partial charge in [-0.05, 0) is 54.1 Å². The number of anilines is 1. The summed E-state index contributed by atoms with van der Waals surface area (Å²) in [6, 6.07) is 12.1. The number of nitrogens with one attached hydrogen (secondary N) is 2. The average molecular weight is 561 g/mol. The molecule has 0 radical (unpaired) electrons. The van der Waals surface area contributed by atoms with Crippen molar-refractivity contribution in [1.82, 2.24) is 9.99 Å². The van der Waals surface area contributed by atoms with Gasteiger partial charge in [0, 0.05) is 23.8 Å². The zero-order valence-corrected chi connectivity index (χ0v) is 20.6. The van der Waals surface area contributed by atoms with Crippen LogP contribution in [0.2, 0.25) is 0 Å². The fourth-order valence-electron chi connectivity index (χ4n) is 3.96. The number of pyridine rings is 1. The monoisotopic (exact) mass is 560 g/mol. The third kappa shape index (κ3) is 5.18. The molecule has 0 spiro atoms. The number of benzene rings is 3. The normalized spacial score (nSPS) is 12.9. The number of nitrogens with two attached hydrogens (primary N) is 1. The topological polar surface area (TPSA) is 142 Å². The second-order valence-electron chi connectivity index (χ2n) is 8.51. The van der Waals surface area contributed by atoms with E-state index in [2.05, 4.69) is 10.0 Å². The molecule has 2 heterocycles. The summed E-state index contributed by atoms with van der Waals surface area (Å²) in [5, 5.41) is 2.43. The van der Waals surface area contributed by atoms with Crippen LogP contribution in [0.15, 0.2) is 76.6 Å². The van der Waals surface area contributed by atoms with E-state index in [1.54, 1.807) is 18.2 Å². The minimum absolute atomic E-state index is 0.0485. The lowest BCUT2D eigenvalue weighted by atomic mass is 10.1. The number of fused-ring (bicyclic) bond motifs is 2. The number of carbonyl (C=O) groups is 1. The second-order valence-corrected chi connectivity index (χ2v) is 10.2. The quantitative estimate of drug-likeness (QED) is 0.308. The van der Waals surface area contributed by atoms with Crippen molar-refractivity contribution in [2.24, 2.45) is 0 Å². The van der Waals surface area contributed by atoms with Gasteiger partial charge in [-0.25, -0.2) is 8.42 Å². The number of alkyl halides is 3. The number of rotatable bonds is 6. The molecule has 5 rings (SSSR count). The van der Waals surface area contributed by atoms with Crippen LogP contribution in [-0.4, -0.2) is 25.8 Å². The van der Waals surface area contributed by atoms with Crippen molar-refractivity contribution in [2.45, 2.75) is 17.6 Å². The number of ether oxygens (including phenoxy) is 2. The van der Waals surface area contributed by atoms with Crippen LogP contribution in [0.1, 0.15) is 21.5 Å². The van der Waals surface area contributed by atoms with Crippen LogP contribution < -0.4 is 30.8 Å². The van der Waals surface area contributed by atoms with Crippen LogP contribution in [0, 0.1) is 0 Å². The predicted molar refractivity (Wildman–Crippen MR) is 134 cm³/mol. The number of sulfonamides is 1. The van der Waals surface area contributed by atoms with Crippen LogP contribution in [0.25, 0.3) is 10.9 Å². The molecule has 0 saturated heterocycles. The highest BCUT2D eigenvalue weighted by molar-refractivity contribution is 7.92. The van der Waals surface area contributed by atoms with Gasteiger partial charge < -0.3 is 20.6 Å². The van der Waals surface area contributed by atoms with Gasteiger partial charge in [0.05, 0.1) is 16.0 Å². The van der Waals surface area contributed by atoms with Crippen molar-refractivity contribution < 1.29 is 35.9 Å². The molecule has 0 bridgehead atoms. The molecule has 14 heteroatoms. The van der Waals surface area contributed by atoms with Crippen molar-refractivity contribution in [3.8, 4) is 11.5 Å². The summed E-state index contributed by atoms with van der Waals surface area (Å²) in [5.74, 6) is 6.30. The molecular formula is C25H19F3N4O6S. The number of amides is 1. The van der Waals surface area contributed by atoms with E-state index in [0.717, 1.165) is 41.2 Å². The number of aromatic nitrogens is 1. The van der Waals surface area contributed by atoms with Gasteiger partial charge in [0.1, 0.15) is 5.56 Å². The molecule has 0 saturated carbocycles. The third-order valence-corrected chi connectivity index (χ3v) is 7.27. The highest BCUT2D eigenvalue weighted by atomic mass is 32.2. The first-order valence-electron chi connectivity index (χ1n) is 11.2. The Morgan fingerprint density at radius 1 is 1.03 bits per heavy atom. The second kappa shape index (κ2) is 9.54. The van der Waals surface area contributed by atoms with E-state index in [-0.39, 0.29) is 35.5 Å². The van der Waals surface area contributed by atoms with E-state index in [0.29, 0.717) is 23.1 Å². The van der Waals surface area contributed by atoms with Crippen molar-refractivity contribution in [1.29, 1.82) is 0 Å². The molecule has 4 aromatic rings. The van der Waals surface area contributed by atoms with E-state index in [1.807, 2.05) is 0 Å². The van der Waals surface area contributed by atoms with Gasteiger partial charge in [0.15, 0.2) is 11.5 Å². The van der Waals surface area contributed by atoms with Crippen molar-refractivity contribution in [3.63, 3.8) is 0 Å². The fourth-order valence-corrected chi connectivity index (χ4v) is 5.04. The molecule has 0 fully saturated rings. The molecule has 0 aliphatic carbocycles. The Balaban J connectivity index is 1.42. The van der Waals surface area contributed by atoms with Gasteiger partial charge in [-0.15, -0.1) is 0 Å². The number of nitrogens with zero attached hydrogens (tertiary/aromatic N) is 1. The molecule has 4 N–H and O–H groups in total. The van der Waals surface area contributed by atoms with E-state index in [4.69, 9.17) is 15.3 Å². The Hall–Kier alpha value is -4.72. The van der Waals surface area contributed by atoms with Crippen LogP contribution in [0.4, 0.5) is 18.9 Å². The van der Waals surface area contributed by atoms with Crippen LogP contribution in [-0.2, 0) is 22.7 Å². The summed E-state index contributed by atoms with van der Waals surface area (Å²) in [6.07, 6.45) is -3.55. The molecule has 1 aliphatic rings. The molecular weight excluding hydrogens is 541 g/mol. The van der Waals surface area contributed by atoms with Crippen LogP contribution in [0.5, 0.6) is 11.5 Å². The summed E-state index contributed by atoms with van der Waals surface area (Å²) < 4.78 is 78.5. The van der Waals surface area contributed by atoms with E-state index < -0.39 is 38.0 Å². The Morgan fingerprint density at radius 3 is 2.56 bits per heavy atom. The summed E-state index contributed by atoms with van der Waals surface area (Å²) in [5.41, 5.74) is -1.68. The Bertz CT molecular complexity index is 1790. The first-order valence-corrected chi connectivity index (χ1v) is 12.7. The molecule has 39 heavy (non-hydrogen) atoms. The highest BCUT2D eigenvalue weighted by Crippen LogP contribution is 2.33. The van der Waals surface area contributed by atoms with E-state index in [1.165, 1.54) is 6.07 Å². The number of hydrogen-bond acceptors (Lipinski definition) is 7. The van der Waals surface area contributed by atoms with Gasteiger partial charge in [-0.3, -0.25) is 19.0 Å². The number of halogens is 3. The molecule has 0 atom stereocenters. The summed E-state index contributed by atoms with van der Waals surface area (Å²) in [4.78, 5) is 25.6. The smallest absolute Gasteiger partial charge is 0.416 e. The molecule has 10 nitrogen and oxygen atoms in total. The number of carbonyl (C=O) groups excluding carboxylic acids is 1. The predicted octanol–water partition coefficient (Wildman–Crippen LogP) is 3.19. The Morgan fingerprint density at radius 2 is 1.79 bits per heavy atom. The lowest BCUT2D eigenvalue weighted by Crippen LogP contribution is -2.30. The molecule has 3 aromatic carbocycles. The maximum absolute atomic E-state index is 13.2. The van der Waals surface area contributed by atoms with E-state index in [9.17, 15) is 31.2 Å². The molecule has 1 amide bonds. The van der Waals surface area contributed by atoms with Crippen molar-refractivity contribution >= 4 is 32.5 Å². The Kier molecular flexibility index (Phi) is 6.34. The van der Waals surface area contributed by atoms with Gasteiger partial charge >= 0.3 is 6.18 Å². The van der Waals surface area contributed by atoms with E-state index >= 15 is 0 Å². The number of nitrogen functional groups attached to an aromatic ring is 1.